The molecule has 0 atom stereocenters. The zero-order valence-electron chi connectivity index (χ0n) is 10.5. The summed E-state index contributed by atoms with van der Waals surface area (Å²) in [5.74, 6) is 1.36. The van der Waals surface area contributed by atoms with Crippen molar-refractivity contribution in [3.05, 3.63) is 23.1 Å². The molecule has 1 N–H and O–H groups in total. The first-order valence-electron chi connectivity index (χ1n) is 5.78. The third-order valence-electron chi connectivity index (χ3n) is 2.73. The molecular weight excluding hydrogens is 264 g/mol. The Kier molecular flexibility index (Phi) is 2.87. The van der Waals surface area contributed by atoms with Crippen LogP contribution >= 0.6 is 11.3 Å². The lowest BCUT2D eigenvalue weighted by Crippen LogP contribution is -2.04. The van der Waals surface area contributed by atoms with Crippen LogP contribution in [0.4, 0.5) is 5.13 Å². The number of nitrogens with zero attached hydrogens (tertiary/aromatic N) is 1. The molecule has 0 unspecified atom stereocenters. The molecule has 0 spiro atoms. The molecule has 2 heterocycles. The highest BCUT2D eigenvalue weighted by atomic mass is 32.1. The van der Waals surface area contributed by atoms with E-state index < -0.39 is 0 Å². The van der Waals surface area contributed by atoms with Gasteiger partial charge in [-0.1, -0.05) is 0 Å². The number of carbonyl (C=O) groups excluding carboxylic acids is 1. The number of ether oxygens (including phenoxy) is 2. The van der Waals surface area contributed by atoms with Gasteiger partial charge in [0.15, 0.2) is 16.6 Å². The van der Waals surface area contributed by atoms with Gasteiger partial charge >= 0.3 is 0 Å². The molecule has 1 aliphatic rings. The summed E-state index contributed by atoms with van der Waals surface area (Å²) in [7, 11) is 0. The standard InChI is InChI=1S/C13H12N2O3S/c1-7-12(15-13(19-7)14-8(2)16)9-3-4-10-11(5-9)18-6-17-10/h3-5H,6H2,1-2H3,(H,14,15,16). The lowest BCUT2D eigenvalue weighted by molar-refractivity contribution is -0.114. The highest BCUT2D eigenvalue weighted by Gasteiger charge is 2.17. The minimum Gasteiger partial charge on any atom is -0.454 e. The second-order valence-corrected chi connectivity index (χ2v) is 5.38. The minimum absolute atomic E-state index is 0.119. The quantitative estimate of drug-likeness (QED) is 0.916. The maximum absolute atomic E-state index is 11.0. The van der Waals surface area contributed by atoms with Gasteiger partial charge in [0.25, 0.3) is 0 Å². The highest BCUT2D eigenvalue weighted by Crippen LogP contribution is 2.38. The number of aryl methyl sites for hydroxylation is 1. The van der Waals surface area contributed by atoms with E-state index in [0.29, 0.717) is 5.13 Å². The van der Waals surface area contributed by atoms with Crippen molar-refractivity contribution in [2.24, 2.45) is 0 Å². The molecule has 0 bridgehead atoms. The fourth-order valence-corrected chi connectivity index (χ4v) is 2.79. The lowest BCUT2D eigenvalue weighted by Gasteiger charge is -2.01. The second-order valence-electron chi connectivity index (χ2n) is 4.17. The number of benzene rings is 1. The topological polar surface area (TPSA) is 60.5 Å². The monoisotopic (exact) mass is 276 g/mol. The molecule has 1 amide bonds. The number of aromatic nitrogens is 1. The maximum atomic E-state index is 11.0. The van der Waals surface area contributed by atoms with Gasteiger partial charge in [0, 0.05) is 17.4 Å². The molecule has 1 aromatic heterocycles. The molecule has 0 saturated carbocycles. The molecular formula is C13H12N2O3S. The van der Waals surface area contributed by atoms with Crippen molar-refractivity contribution in [2.45, 2.75) is 13.8 Å². The van der Waals surface area contributed by atoms with E-state index in [9.17, 15) is 4.79 Å². The Hall–Kier alpha value is -2.08. The number of nitrogens with one attached hydrogen (secondary N) is 1. The summed E-state index contributed by atoms with van der Waals surface area (Å²) >= 11 is 1.46. The summed E-state index contributed by atoms with van der Waals surface area (Å²) in [5, 5.41) is 3.31. The predicted octanol–water partition coefficient (Wildman–Crippen LogP) is 2.81. The van der Waals surface area contributed by atoms with Crippen LogP contribution in [0.15, 0.2) is 18.2 Å². The zero-order valence-corrected chi connectivity index (χ0v) is 11.3. The largest absolute Gasteiger partial charge is 0.454 e. The predicted molar refractivity (Wildman–Crippen MR) is 72.7 cm³/mol. The zero-order chi connectivity index (χ0) is 13.4. The van der Waals surface area contributed by atoms with Gasteiger partial charge in [-0.15, -0.1) is 11.3 Å². The van der Waals surface area contributed by atoms with E-state index in [-0.39, 0.29) is 12.7 Å². The third-order valence-corrected chi connectivity index (χ3v) is 3.61. The van der Waals surface area contributed by atoms with Crippen LogP contribution in [0.5, 0.6) is 11.5 Å². The Morgan fingerprint density at radius 2 is 2.16 bits per heavy atom. The Morgan fingerprint density at radius 3 is 2.95 bits per heavy atom. The van der Waals surface area contributed by atoms with E-state index >= 15 is 0 Å². The average molecular weight is 276 g/mol. The molecule has 98 valence electrons. The van der Waals surface area contributed by atoms with Crippen molar-refractivity contribution in [3.63, 3.8) is 0 Å². The smallest absolute Gasteiger partial charge is 0.231 e. The molecule has 1 aromatic carbocycles. The molecule has 6 heteroatoms. The van der Waals surface area contributed by atoms with Crippen LogP contribution < -0.4 is 14.8 Å². The van der Waals surface area contributed by atoms with Crippen molar-refractivity contribution in [1.82, 2.24) is 4.98 Å². The van der Waals surface area contributed by atoms with Gasteiger partial charge < -0.3 is 14.8 Å². The molecule has 0 radical (unpaired) electrons. The number of hydrogen-bond donors (Lipinski definition) is 1. The van der Waals surface area contributed by atoms with Crippen molar-refractivity contribution < 1.29 is 14.3 Å². The van der Waals surface area contributed by atoms with Gasteiger partial charge in [0.1, 0.15) is 0 Å². The van der Waals surface area contributed by atoms with Gasteiger partial charge in [-0.25, -0.2) is 4.98 Å². The molecule has 2 aromatic rings. The minimum atomic E-state index is -0.119. The summed E-state index contributed by atoms with van der Waals surface area (Å²) in [6.07, 6.45) is 0. The first-order valence-corrected chi connectivity index (χ1v) is 6.60. The summed E-state index contributed by atoms with van der Waals surface area (Å²) in [5.41, 5.74) is 1.81. The average Bonchev–Trinajstić information content (AvgIpc) is 2.93. The number of fused-ring (bicyclic) bond motifs is 1. The number of rotatable bonds is 2. The first-order chi connectivity index (χ1) is 9.13. The van der Waals surface area contributed by atoms with Crippen LogP contribution in [0.3, 0.4) is 0 Å². The van der Waals surface area contributed by atoms with Crippen molar-refractivity contribution in [3.8, 4) is 22.8 Å². The van der Waals surface area contributed by atoms with E-state index in [1.54, 1.807) is 0 Å². The summed E-state index contributed by atoms with van der Waals surface area (Å²) in [6, 6.07) is 5.71. The number of thiazole rings is 1. The van der Waals surface area contributed by atoms with Crippen LogP contribution in [-0.2, 0) is 4.79 Å². The lowest BCUT2D eigenvalue weighted by atomic mass is 10.1. The highest BCUT2D eigenvalue weighted by molar-refractivity contribution is 7.16. The van der Waals surface area contributed by atoms with Gasteiger partial charge in [0.2, 0.25) is 12.7 Å². The van der Waals surface area contributed by atoms with Crippen LogP contribution in [0.1, 0.15) is 11.8 Å². The molecule has 0 saturated heterocycles. The van der Waals surface area contributed by atoms with E-state index in [4.69, 9.17) is 9.47 Å². The summed E-state index contributed by atoms with van der Waals surface area (Å²) < 4.78 is 10.6. The first kappa shape index (κ1) is 12.0. The molecule has 0 fully saturated rings. The number of carbonyl (C=O) groups is 1. The van der Waals surface area contributed by atoms with Crippen LogP contribution in [-0.4, -0.2) is 17.7 Å². The molecule has 1 aliphatic heterocycles. The van der Waals surface area contributed by atoms with Crippen LogP contribution in [0.2, 0.25) is 0 Å². The van der Waals surface area contributed by atoms with Crippen molar-refractivity contribution in [1.29, 1.82) is 0 Å². The maximum Gasteiger partial charge on any atom is 0.231 e. The van der Waals surface area contributed by atoms with E-state index in [1.165, 1.54) is 18.3 Å². The van der Waals surface area contributed by atoms with Gasteiger partial charge in [0.05, 0.1) is 5.69 Å². The van der Waals surface area contributed by atoms with E-state index in [1.807, 2.05) is 25.1 Å². The van der Waals surface area contributed by atoms with Gasteiger partial charge in [-0.3, -0.25) is 4.79 Å². The normalized spacial score (nSPS) is 12.5. The van der Waals surface area contributed by atoms with Crippen LogP contribution in [0, 0.1) is 6.92 Å². The summed E-state index contributed by atoms with van der Waals surface area (Å²) in [4.78, 5) is 16.5. The number of amides is 1. The number of anilines is 1. The van der Waals surface area contributed by atoms with Crippen molar-refractivity contribution >= 4 is 22.4 Å². The third kappa shape index (κ3) is 2.26. The van der Waals surface area contributed by atoms with Crippen molar-refractivity contribution in [2.75, 3.05) is 12.1 Å². The Bertz CT molecular complexity index is 651. The Morgan fingerprint density at radius 1 is 1.37 bits per heavy atom. The van der Waals surface area contributed by atoms with Crippen LogP contribution in [0.25, 0.3) is 11.3 Å². The van der Waals surface area contributed by atoms with E-state index in [0.717, 1.165) is 27.6 Å². The summed E-state index contributed by atoms with van der Waals surface area (Å²) in [6.45, 7) is 3.70. The van der Waals surface area contributed by atoms with E-state index in [2.05, 4.69) is 10.3 Å². The SMILES string of the molecule is CC(=O)Nc1nc(-c2ccc3c(c2)OCO3)c(C)s1. The Balaban J connectivity index is 1.97. The molecule has 0 aliphatic carbocycles. The Labute approximate surface area is 114 Å². The van der Waals surface area contributed by atoms with Gasteiger partial charge in [-0.2, -0.15) is 0 Å². The fourth-order valence-electron chi connectivity index (χ4n) is 1.91. The number of hydrogen-bond acceptors (Lipinski definition) is 5. The molecule has 19 heavy (non-hydrogen) atoms. The molecule has 5 nitrogen and oxygen atoms in total. The second kappa shape index (κ2) is 4.55. The molecule has 3 rings (SSSR count). The fraction of sp³-hybridized carbons (Fsp3) is 0.231. The van der Waals surface area contributed by atoms with Gasteiger partial charge in [-0.05, 0) is 25.1 Å².